The SMILES string of the molecule is COc1ccc(OC)c([C@@H]2CCCN2CC(=O)N2CCC(C(N)=O)CC2)c1. The van der Waals surface area contributed by atoms with E-state index in [4.69, 9.17) is 15.2 Å². The van der Waals surface area contributed by atoms with Crippen molar-refractivity contribution >= 4 is 11.8 Å². The highest BCUT2D eigenvalue weighted by Crippen LogP contribution is 2.38. The highest BCUT2D eigenvalue weighted by atomic mass is 16.5. The molecular weight excluding hydrogens is 346 g/mol. The summed E-state index contributed by atoms with van der Waals surface area (Å²) in [5.41, 5.74) is 6.45. The van der Waals surface area contributed by atoms with E-state index in [2.05, 4.69) is 4.90 Å². The van der Waals surface area contributed by atoms with Gasteiger partial charge in [0.25, 0.3) is 0 Å². The minimum absolute atomic E-state index is 0.102. The van der Waals surface area contributed by atoms with E-state index in [-0.39, 0.29) is 23.8 Å². The van der Waals surface area contributed by atoms with Gasteiger partial charge in [-0.2, -0.15) is 0 Å². The van der Waals surface area contributed by atoms with Gasteiger partial charge >= 0.3 is 0 Å². The van der Waals surface area contributed by atoms with Gasteiger partial charge in [-0.25, -0.2) is 0 Å². The highest BCUT2D eigenvalue weighted by molar-refractivity contribution is 5.80. The minimum Gasteiger partial charge on any atom is -0.497 e. The van der Waals surface area contributed by atoms with Gasteiger partial charge in [0.15, 0.2) is 0 Å². The van der Waals surface area contributed by atoms with Gasteiger partial charge in [-0.3, -0.25) is 14.5 Å². The molecule has 1 aromatic carbocycles. The Bertz CT molecular complexity index is 686. The molecule has 2 saturated heterocycles. The van der Waals surface area contributed by atoms with Crippen LogP contribution in [0.25, 0.3) is 0 Å². The number of amides is 2. The molecular formula is C20H29N3O4. The third kappa shape index (κ3) is 4.35. The number of ether oxygens (including phenoxy) is 2. The van der Waals surface area contributed by atoms with Crippen LogP contribution in [0, 0.1) is 5.92 Å². The number of hydrogen-bond acceptors (Lipinski definition) is 5. The zero-order valence-electron chi connectivity index (χ0n) is 16.1. The van der Waals surface area contributed by atoms with Crippen molar-refractivity contribution in [2.24, 2.45) is 11.7 Å². The Kier molecular flexibility index (Phi) is 6.21. The van der Waals surface area contributed by atoms with Crippen LogP contribution in [-0.4, -0.2) is 62.0 Å². The number of methoxy groups -OCH3 is 2. The van der Waals surface area contributed by atoms with Crippen molar-refractivity contribution in [2.75, 3.05) is 40.4 Å². The average Bonchev–Trinajstić information content (AvgIpc) is 3.15. The van der Waals surface area contributed by atoms with E-state index >= 15 is 0 Å². The quantitative estimate of drug-likeness (QED) is 0.816. The van der Waals surface area contributed by atoms with Gasteiger partial charge in [0.05, 0.1) is 20.8 Å². The number of primary amides is 1. The van der Waals surface area contributed by atoms with Crippen LogP contribution in [0.1, 0.15) is 37.3 Å². The molecule has 2 amide bonds. The molecule has 2 fully saturated rings. The van der Waals surface area contributed by atoms with E-state index in [0.717, 1.165) is 36.4 Å². The summed E-state index contributed by atoms with van der Waals surface area (Å²) in [5.74, 6) is 1.37. The van der Waals surface area contributed by atoms with E-state index in [1.54, 1.807) is 14.2 Å². The second-order valence-corrected chi connectivity index (χ2v) is 7.29. The first-order valence-corrected chi connectivity index (χ1v) is 9.56. The molecule has 2 heterocycles. The lowest BCUT2D eigenvalue weighted by molar-refractivity contribution is -0.136. The molecule has 0 spiro atoms. The summed E-state index contributed by atoms with van der Waals surface area (Å²) < 4.78 is 10.9. The molecule has 0 radical (unpaired) electrons. The second-order valence-electron chi connectivity index (χ2n) is 7.29. The molecule has 1 aromatic rings. The number of nitrogens with zero attached hydrogens (tertiary/aromatic N) is 2. The number of nitrogens with two attached hydrogens (primary N) is 1. The summed E-state index contributed by atoms with van der Waals surface area (Å²) in [4.78, 5) is 28.2. The molecule has 0 aliphatic carbocycles. The van der Waals surface area contributed by atoms with Gasteiger partial charge in [-0.15, -0.1) is 0 Å². The van der Waals surface area contributed by atoms with E-state index in [0.29, 0.717) is 32.5 Å². The number of piperidine rings is 1. The second kappa shape index (κ2) is 8.61. The number of rotatable bonds is 6. The third-order valence-corrected chi connectivity index (χ3v) is 5.75. The predicted octanol–water partition coefficient (Wildman–Crippen LogP) is 1.56. The van der Waals surface area contributed by atoms with Gasteiger partial charge in [0, 0.05) is 30.6 Å². The summed E-state index contributed by atoms with van der Waals surface area (Å²) in [7, 11) is 3.32. The van der Waals surface area contributed by atoms with Crippen LogP contribution >= 0.6 is 0 Å². The topological polar surface area (TPSA) is 85.1 Å². The van der Waals surface area contributed by atoms with Gasteiger partial charge in [-0.1, -0.05) is 0 Å². The van der Waals surface area contributed by atoms with Crippen molar-refractivity contribution in [2.45, 2.75) is 31.7 Å². The summed E-state index contributed by atoms with van der Waals surface area (Å²) >= 11 is 0. The maximum absolute atomic E-state index is 12.8. The number of benzene rings is 1. The Morgan fingerprint density at radius 3 is 2.48 bits per heavy atom. The largest absolute Gasteiger partial charge is 0.497 e. The maximum atomic E-state index is 12.8. The van der Waals surface area contributed by atoms with Crippen molar-refractivity contribution in [3.05, 3.63) is 23.8 Å². The minimum atomic E-state index is -0.258. The molecule has 0 saturated carbocycles. The van der Waals surface area contributed by atoms with E-state index in [9.17, 15) is 9.59 Å². The molecule has 2 N–H and O–H groups in total. The molecule has 2 aliphatic rings. The third-order valence-electron chi connectivity index (χ3n) is 5.75. The lowest BCUT2D eigenvalue weighted by atomic mass is 9.96. The number of carbonyl (C=O) groups excluding carboxylic acids is 2. The number of carbonyl (C=O) groups is 2. The Hall–Kier alpha value is -2.28. The van der Waals surface area contributed by atoms with Crippen LogP contribution in [0.3, 0.4) is 0 Å². The molecule has 1 atom stereocenters. The molecule has 7 nitrogen and oxygen atoms in total. The maximum Gasteiger partial charge on any atom is 0.236 e. The Morgan fingerprint density at radius 1 is 1.11 bits per heavy atom. The highest BCUT2D eigenvalue weighted by Gasteiger charge is 2.32. The molecule has 0 aromatic heterocycles. The fourth-order valence-electron chi connectivity index (χ4n) is 4.15. The molecule has 27 heavy (non-hydrogen) atoms. The summed E-state index contributed by atoms with van der Waals surface area (Å²) in [6, 6.07) is 5.95. The summed E-state index contributed by atoms with van der Waals surface area (Å²) in [6.45, 7) is 2.47. The molecule has 0 bridgehead atoms. The molecule has 2 aliphatic heterocycles. The monoisotopic (exact) mass is 375 g/mol. The van der Waals surface area contributed by atoms with Crippen LogP contribution < -0.4 is 15.2 Å². The van der Waals surface area contributed by atoms with Crippen molar-refractivity contribution in [1.29, 1.82) is 0 Å². The fourth-order valence-corrected chi connectivity index (χ4v) is 4.15. The van der Waals surface area contributed by atoms with E-state index < -0.39 is 0 Å². The Balaban J connectivity index is 1.67. The molecule has 0 unspecified atom stereocenters. The molecule has 3 rings (SSSR count). The lowest BCUT2D eigenvalue weighted by Crippen LogP contribution is -2.45. The molecule has 148 valence electrons. The van der Waals surface area contributed by atoms with Crippen LogP contribution in [0.15, 0.2) is 18.2 Å². The Morgan fingerprint density at radius 2 is 1.85 bits per heavy atom. The van der Waals surface area contributed by atoms with Crippen LogP contribution in [-0.2, 0) is 9.59 Å². The fraction of sp³-hybridized carbons (Fsp3) is 0.600. The first-order chi connectivity index (χ1) is 13.0. The smallest absolute Gasteiger partial charge is 0.236 e. The first kappa shape index (κ1) is 19.5. The van der Waals surface area contributed by atoms with E-state index in [1.807, 2.05) is 23.1 Å². The van der Waals surface area contributed by atoms with E-state index in [1.165, 1.54) is 0 Å². The van der Waals surface area contributed by atoms with Gasteiger partial charge in [0.1, 0.15) is 11.5 Å². The summed E-state index contributed by atoms with van der Waals surface area (Å²) in [5, 5.41) is 0. The predicted molar refractivity (Wildman–Crippen MR) is 102 cm³/mol. The zero-order chi connectivity index (χ0) is 19.4. The van der Waals surface area contributed by atoms with Gasteiger partial charge in [0.2, 0.25) is 11.8 Å². The lowest BCUT2D eigenvalue weighted by Gasteiger charge is -2.33. The zero-order valence-corrected chi connectivity index (χ0v) is 16.1. The van der Waals surface area contributed by atoms with Gasteiger partial charge < -0.3 is 20.1 Å². The molecule has 7 heteroatoms. The van der Waals surface area contributed by atoms with Crippen LogP contribution in [0.4, 0.5) is 0 Å². The summed E-state index contributed by atoms with van der Waals surface area (Å²) in [6.07, 6.45) is 3.35. The van der Waals surface area contributed by atoms with Crippen molar-refractivity contribution in [1.82, 2.24) is 9.80 Å². The number of likely N-dealkylation sites (tertiary alicyclic amines) is 2. The first-order valence-electron chi connectivity index (χ1n) is 9.56. The van der Waals surface area contributed by atoms with Crippen molar-refractivity contribution < 1.29 is 19.1 Å². The number of hydrogen-bond donors (Lipinski definition) is 1. The van der Waals surface area contributed by atoms with Crippen molar-refractivity contribution in [3.8, 4) is 11.5 Å². The van der Waals surface area contributed by atoms with Crippen molar-refractivity contribution in [3.63, 3.8) is 0 Å². The Labute approximate surface area is 160 Å². The normalized spacial score (nSPS) is 21.3. The standard InChI is InChI=1S/C20H29N3O4/c1-26-15-5-6-18(27-2)16(12-15)17-4-3-9-23(17)13-19(24)22-10-7-14(8-11-22)20(21)25/h5-6,12,14,17H,3-4,7-11,13H2,1-2H3,(H2,21,25)/t17-/m0/s1. The van der Waals surface area contributed by atoms with Crippen LogP contribution in [0.2, 0.25) is 0 Å². The van der Waals surface area contributed by atoms with Crippen LogP contribution in [0.5, 0.6) is 11.5 Å². The average molecular weight is 375 g/mol. The van der Waals surface area contributed by atoms with Gasteiger partial charge in [-0.05, 0) is 50.4 Å².